The van der Waals surface area contributed by atoms with E-state index in [1.165, 1.54) is 24.3 Å². The molecule has 0 bridgehead atoms. The quantitative estimate of drug-likeness (QED) is 0.535. The van der Waals surface area contributed by atoms with E-state index in [9.17, 15) is 27.2 Å². The zero-order valence-corrected chi connectivity index (χ0v) is 15.0. The molecule has 0 saturated heterocycles. The Morgan fingerprint density at radius 2 is 1.61 bits per heavy atom. The largest absolute Gasteiger partial charge is 0.326 e. The molecule has 8 heteroatoms. The Bertz CT molecular complexity index is 898. The minimum atomic E-state index is -1.39. The van der Waals surface area contributed by atoms with Crippen molar-refractivity contribution in [3.63, 3.8) is 0 Å². The number of hydrogen-bond acceptors (Lipinski definition) is 2. The number of amides is 2. The summed E-state index contributed by atoms with van der Waals surface area (Å²) in [6.45, 7) is 5.27. The van der Waals surface area contributed by atoms with Crippen molar-refractivity contribution in [2.45, 2.75) is 19.8 Å². The molecular formula is C20H18F4N2O2. The molecule has 0 fully saturated rings. The Labute approximate surface area is 159 Å². The van der Waals surface area contributed by atoms with Gasteiger partial charge in [0, 0.05) is 23.4 Å². The first kappa shape index (κ1) is 21.1. The van der Waals surface area contributed by atoms with E-state index in [0.29, 0.717) is 18.2 Å². The molecule has 1 atom stereocenters. The first-order chi connectivity index (χ1) is 13.2. The average molecular weight is 394 g/mol. The van der Waals surface area contributed by atoms with Crippen LogP contribution < -0.4 is 10.6 Å². The highest BCUT2D eigenvalue weighted by Crippen LogP contribution is 2.16. The number of hydrogen-bond donors (Lipinski definition) is 2. The fraction of sp³-hybridized carbons (Fsp3) is 0.200. The van der Waals surface area contributed by atoms with Crippen molar-refractivity contribution in [3.05, 3.63) is 77.5 Å². The molecule has 0 unspecified atom stereocenters. The third-order valence-electron chi connectivity index (χ3n) is 3.98. The van der Waals surface area contributed by atoms with Gasteiger partial charge in [0.1, 0.15) is 11.6 Å². The van der Waals surface area contributed by atoms with Gasteiger partial charge in [-0.25, -0.2) is 17.6 Å². The van der Waals surface area contributed by atoms with E-state index in [1.54, 1.807) is 6.92 Å². The van der Waals surface area contributed by atoms with Gasteiger partial charge in [-0.2, -0.15) is 0 Å². The lowest BCUT2D eigenvalue weighted by molar-refractivity contribution is -0.119. The molecule has 0 heterocycles. The van der Waals surface area contributed by atoms with E-state index < -0.39 is 40.7 Å². The van der Waals surface area contributed by atoms with Gasteiger partial charge in [-0.1, -0.05) is 13.5 Å². The van der Waals surface area contributed by atoms with Crippen molar-refractivity contribution in [2.75, 3.05) is 5.32 Å². The second-order valence-electron chi connectivity index (χ2n) is 6.24. The minimum absolute atomic E-state index is 0.190. The van der Waals surface area contributed by atoms with Crippen molar-refractivity contribution in [1.82, 2.24) is 5.32 Å². The normalized spacial score (nSPS) is 11.6. The van der Waals surface area contributed by atoms with Crippen LogP contribution in [0.5, 0.6) is 0 Å². The van der Waals surface area contributed by atoms with Crippen LogP contribution in [0.25, 0.3) is 0 Å². The first-order valence-corrected chi connectivity index (χ1v) is 8.37. The molecule has 0 radical (unpaired) electrons. The smallest absolute Gasteiger partial charge is 0.258 e. The van der Waals surface area contributed by atoms with Gasteiger partial charge < -0.3 is 10.6 Å². The van der Waals surface area contributed by atoms with Crippen LogP contribution in [0.2, 0.25) is 0 Å². The molecular weight excluding hydrogens is 376 g/mol. The molecule has 0 aromatic heterocycles. The van der Waals surface area contributed by atoms with E-state index in [0.717, 1.165) is 0 Å². The van der Waals surface area contributed by atoms with Crippen LogP contribution in [0, 0.1) is 29.2 Å². The molecule has 2 amide bonds. The van der Waals surface area contributed by atoms with Gasteiger partial charge in [-0.3, -0.25) is 9.59 Å². The van der Waals surface area contributed by atoms with Gasteiger partial charge >= 0.3 is 0 Å². The zero-order chi connectivity index (χ0) is 20.8. The third-order valence-corrected chi connectivity index (χ3v) is 3.98. The fourth-order valence-corrected chi connectivity index (χ4v) is 2.31. The van der Waals surface area contributed by atoms with Crippen molar-refractivity contribution in [2.24, 2.45) is 5.92 Å². The summed E-state index contributed by atoms with van der Waals surface area (Å²) in [5.74, 6) is -6.09. The summed E-state index contributed by atoms with van der Waals surface area (Å²) in [5, 5.41) is 4.93. The summed E-state index contributed by atoms with van der Waals surface area (Å²) in [6, 6.07) is 6.04. The molecule has 0 saturated carbocycles. The Balaban J connectivity index is 1.85. The number of carbonyl (C=O) groups is 2. The second kappa shape index (κ2) is 9.16. The predicted octanol–water partition coefficient (Wildman–Crippen LogP) is 4.54. The number of rotatable bonds is 7. The van der Waals surface area contributed by atoms with Gasteiger partial charge in [0.15, 0.2) is 11.6 Å². The highest BCUT2D eigenvalue weighted by molar-refractivity contribution is 5.95. The van der Waals surface area contributed by atoms with Crippen LogP contribution in [-0.2, 0) is 4.79 Å². The number of benzene rings is 2. The maximum atomic E-state index is 13.6. The lowest BCUT2D eigenvalue weighted by Gasteiger charge is -2.14. The Hall–Kier alpha value is -3.16. The van der Waals surface area contributed by atoms with Crippen LogP contribution >= 0.6 is 0 Å². The van der Waals surface area contributed by atoms with E-state index in [1.807, 2.05) is 0 Å². The van der Waals surface area contributed by atoms with Crippen LogP contribution in [0.4, 0.5) is 23.2 Å². The molecule has 0 aliphatic carbocycles. The third kappa shape index (κ3) is 5.67. The van der Waals surface area contributed by atoms with E-state index in [-0.39, 0.29) is 24.1 Å². The highest BCUT2D eigenvalue weighted by Gasteiger charge is 2.18. The molecule has 4 nitrogen and oxygen atoms in total. The maximum Gasteiger partial charge on any atom is 0.258 e. The lowest BCUT2D eigenvalue weighted by atomic mass is 10.0. The molecule has 0 aliphatic rings. The monoisotopic (exact) mass is 394 g/mol. The number of allylic oxidation sites excluding steroid dienone is 1. The SMILES string of the molecule is C=C(CC[C@H](C)C(=O)Nc1ccc(F)cc1)NC(=O)c1cc(F)c(F)cc1F. The Morgan fingerprint density at radius 1 is 1.00 bits per heavy atom. The molecule has 2 rings (SSSR count). The van der Waals surface area contributed by atoms with E-state index >= 15 is 0 Å². The predicted molar refractivity (Wildman–Crippen MR) is 96.3 cm³/mol. The van der Waals surface area contributed by atoms with Crippen LogP contribution in [0.1, 0.15) is 30.1 Å². The van der Waals surface area contributed by atoms with E-state index in [4.69, 9.17) is 0 Å². The summed E-state index contributed by atoms with van der Waals surface area (Å²) in [7, 11) is 0. The molecule has 0 aliphatic heterocycles. The zero-order valence-electron chi connectivity index (χ0n) is 15.0. The van der Waals surface area contributed by atoms with Crippen molar-refractivity contribution < 1.29 is 27.2 Å². The fourth-order valence-electron chi connectivity index (χ4n) is 2.31. The highest BCUT2D eigenvalue weighted by atomic mass is 19.2. The standard InChI is InChI=1S/C20H18F4N2O2/c1-11(19(27)26-14-7-5-13(21)6-8-14)3-4-12(2)25-20(28)15-9-17(23)18(24)10-16(15)22/h5-11H,2-4H2,1H3,(H,25,28)(H,26,27)/t11-/m0/s1. The van der Waals surface area contributed by atoms with Gasteiger partial charge in [-0.15, -0.1) is 0 Å². The topological polar surface area (TPSA) is 58.2 Å². The summed E-state index contributed by atoms with van der Waals surface area (Å²) < 4.78 is 52.6. The average Bonchev–Trinajstić information content (AvgIpc) is 2.64. The summed E-state index contributed by atoms with van der Waals surface area (Å²) in [5.41, 5.74) is -0.0168. The van der Waals surface area contributed by atoms with Gasteiger partial charge in [0.05, 0.1) is 5.56 Å². The first-order valence-electron chi connectivity index (χ1n) is 8.37. The lowest BCUT2D eigenvalue weighted by Crippen LogP contribution is -2.25. The minimum Gasteiger partial charge on any atom is -0.326 e. The van der Waals surface area contributed by atoms with Crippen molar-refractivity contribution in [1.29, 1.82) is 0 Å². The van der Waals surface area contributed by atoms with Crippen molar-refractivity contribution in [3.8, 4) is 0 Å². The molecule has 0 spiro atoms. The van der Waals surface area contributed by atoms with Gasteiger partial charge in [0.2, 0.25) is 5.91 Å². The van der Waals surface area contributed by atoms with Crippen LogP contribution in [0.3, 0.4) is 0 Å². The molecule has 148 valence electrons. The Morgan fingerprint density at radius 3 is 2.25 bits per heavy atom. The van der Waals surface area contributed by atoms with Crippen LogP contribution in [-0.4, -0.2) is 11.8 Å². The van der Waals surface area contributed by atoms with E-state index in [2.05, 4.69) is 17.2 Å². The molecule has 2 aromatic carbocycles. The molecule has 28 heavy (non-hydrogen) atoms. The van der Waals surface area contributed by atoms with Crippen LogP contribution in [0.15, 0.2) is 48.7 Å². The van der Waals surface area contributed by atoms with Crippen molar-refractivity contribution >= 4 is 17.5 Å². The molecule has 2 aromatic rings. The second-order valence-corrected chi connectivity index (χ2v) is 6.24. The summed E-state index contributed by atoms with van der Waals surface area (Å²) in [4.78, 5) is 24.1. The number of nitrogens with one attached hydrogen (secondary N) is 2. The van der Waals surface area contributed by atoms with Gasteiger partial charge in [0.25, 0.3) is 5.91 Å². The number of halogens is 4. The Kier molecular flexibility index (Phi) is 6.92. The van der Waals surface area contributed by atoms with Gasteiger partial charge in [-0.05, 0) is 43.2 Å². The number of anilines is 1. The summed E-state index contributed by atoms with van der Waals surface area (Å²) in [6.07, 6.45) is 0.515. The molecule has 2 N–H and O–H groups in total. The summed E-state index contributed by atoms with van der Waals surface area (Å²) >= 11 is 0. The maximum absolute atomic E-state index is 13.6. The number of carbonyl (C=O) groups excluding carboxylic acids is 2.